The molecule has 0 aliphatic rings. The second-order valence-corrected chi connectivity index (χ2v) is 5.01. The largest absolute Gasteiger partial charge is 0.462 e. The van der Waals surface area contributed by atoms with Crippen molar-refractivity contribution < 1.29 is 9.53 Å². The molecular weight excluding hydrogens is 306 g/mol. The Morgan fingerprint density at radius 3 is 2.46 bits per heavy atom. The van der Waals surface area contributed by atoms with Crippen LogP contribution in [0.1, 0.15) is 17.3 Å². The molecule has 24 heavy (non-hydrogen) atoms. The highest BCUT2D eigenvalue weighted by Crippen LogP contribution is 2.28. The zero-order valence-corrected chi connectivity index (χ0v) is 13.0. The third-order valence-corrected chi connectivity index (χ3v) is 3.51. The number of carbonyl (C=O) groups excluding carboxylic acids is 1. The lowest BCUT2D eigenvalue weighted by atomic mass is 10.1. The van der Waals surface area contributed by atoms with Crippen molar-refractivity contribution in [3.8, 4) is 16.9 Å². The number of ether oxygens (including phenoxy) is 1. The Bertz CT molecular complexity index is 855. The maximum atomic E-state index is 12.3. The fourth-order valence-electron chi connectivity index (χ4n) is 2.43. The first-order valence-electron chi connectivity index (χ1n) is 7.49. The van der Waals surface area contributed by atoms with Gasteiger partial charge in [-0.15, -0.1) is 4.91 Å². The lowest BCUT2D eigenvalue weighted by Gasteiger charge is -2.10. The number of hydrogen-bond acceptors (Lipinski definition) is 5. The standard InChI is InChI=1S/C18H15N3O3/c1-2-24-18(22)16-12-19-21(15-10-8-14(20-23)9-11-15)17(16)13-6-4-3-5-7-13/h3-12H,2H2,1H3. The molecule has 1 aromatic heterocycles. The van der Waals surface area contributed by atoms with Crippen LogP contribution in [0.3, 0.4) is 0 Å². The van der Waals surface area contributed by atoms with Crippen molar-refractivity contribution in [2.45, 2.75) is 6.92 Å². The van der Waals surface area contributed by atoms with Crippen LogP contribution in [0.25, 0.3) is 16.9 Å². The Labute approximate surface area is 138 Å². The molecule has 0 N–H and O–H groups in total. The Balaban J connectivity index is 2.15. The smallest absolute Gasteiger partial charge is 0.342 e. The summed E-state index contributed by atoms with van der Waals surface area (Å²) in [5, 5.41) is 7.22. The molecule has 6 nitrogen and oxygen atoms in total. The zero-order chi connectivity index (χ0) is 16.9. The number of hydrogen-bond donors (Lipinski definition) is 0. The van der Waals surface area contributed by atoms with Crippen molar-refractivity contribution in [2.75, 3.05) is 6.61 Å². The first-order valence-corrected chi connectivity index (χ1v) is 7.49. The van der Waals surface area contributed by atoms with Gasteiger partial charge < -0.3 is 4.74 Å². The lowest BCUT2D eigenvalue weighted by molar-refractivity contribution is 0.0527. The van der Waals surface area contributed by atoms with Gasteiger partial charge in [-0.05, 0) is 36.4 Å². The average Bonchev–Trinajstić information content (AvgIpc) is 3.08. The number of nitroso groups, excluding NO2 is 1. The SMILES string of the molecule is CCOC(=O)c1cnn(-c2ccc(N=O)cc2)c1-c1ccccc1. The average molecular weight is 321 g/mol. The van der Waals surface area contributed by atoms with Gasteiger partial charge in [-0.2, -0.15) is 5.10 Å². The van der Waals surface area contributed by atoms with E-state index in [4.69, 9.17) is 4.74 Å². The summed E-state index contributed by atoms with van der Waals surface area (Å²) in [6, 6.07) is 16.1. The van der Waals surface area contributed by atoms with Crippen molar-refractivity contribution >= 4 is 11.7 Å². The van der Waals surface area contributed by atoms with E-state index in [1.54, 1.807) is 35.9 Å². The predicted molar refractivity (Wildman–Crippen MR) is 90.4 cm³/mol. The van der Waals surface area contributed by atoms with Gasteiger partial charge in [0.25, 0.3) is 0 Å². The molecule has 120 valence electrons. The minimum absolute atomic E-state index is 0.290. The van der Waals surface area contributed by atoms with E-state index in [0.29, 0.717) is 16.9 Å². The highest BCUT2D eigenvalue weighted by molar-refractivity contribution is 5.96. The summed E-state index contributed by atoms with van der Waals surface area (Å²) in [6.45, 7) is 2.05. The van der Waals surface area contributed by atoms with Crippen LogP contribution >= 0.6 is 0 Å². The van der Waals surface area contributed by atoms with E-state index in [1.165, 1.54) is 6.20 Å². The number of aromatic nitrogens is 2. The molecule has 6 heteroatoms. The number of esters is 1. The highest BCUT2D eigenvalue weighted by atomic mass is 16.5. The van der Waals surface area contributed by atoms with Gasteiger partial charge in [0.1, 0.15) is 11.3 Å². The molecule has 0 spiro atoms. The molecule has 0 saturated heterocycles. The predicted octanol–water partition coefficient (Wildman–Crippen LogP) is 4.11. The summed E-state index contributed by atoms with van der Waals surface area (Å²) < 4.78 is 6.78. The summed E-state index contributed by atoms with van der Waals surface area (Å²) >= 11 is 0. The fourth-order valence-corrected chi connectivity index (χ4v) is 2.43. The van der Waals surface area contributed by atoms with Crippen LogP contribution < -0.4 is 0 Å². The van der Waals surface area contributed by atoms with E-state index in [1.807, 2.05) is 30.3 Å². The van der Waals surface area contributed by atoms with Crippen LogP contribution in [0.5, 0.6) is 0 Å². The lowest BCUT2D eigenvalue weighted by Crippen LogP contribution is -2.07. The minimum atomic E-state index is -0.422. The molecule has 0 unspecified atom stereocenters. The Hall–Kier alpha value is -3.28. The number of benzene rings is 2. The Morgan fingerprint density at radius 2 is 1.83 bits per heavy atom. The third kappa shape index (κ3) is 2.94. The van der Waals surface area contributed by atoms with Crippen molar-refractivity contribution in [3.05, 3.63) is 71.3 Å². The normalized spacial score (nSPS) is 10.4. The summed E-state index contributed by atoms with van der Waals surface area (Å²) in [4.78, 5) is 22.8. The Morgan fingerprint density at radius 1 is 1.12 bits per heavy atom. The van der Waals surface area contributed by atoms with Gasteiger partial charge in [0.15, 0.2) is 0 Å². The zero-order valence-electron chi connectivity index (χ0n) is 13.0. The summed E-state index contributed by atoms with van der Waals surface area (Å²) in [6.07, 6.45) is 1.49. The van der Waals surface area contributed by atoms with Gasteiger partial charge >= 0.3 is 5.97 Å². The van der Waals surface area contributed by atoms with Crippen LogP contribution in [0.2, 0.25) is 0 Å². The van der Waals surface area contributed by atoms with Gasteiger partial charge in [0.2, 0.25) is 0 Å². The number of carbonyl (C=O) groups is 1. The van der Waals surface area contributed by atoms with Gasteiger partial charge in [-0.1, -0.05) is 30.3 Å². The maximum absolute atomic E-state index is 12.3. The molecule has 1 heterocycles. The number of nitrogens with zero attached hydrogens (tertiary/aromatic N) is 3. The summed E-state index contributed by atoms with van der Waals surface area (Å²) in [7, 11) is 0. The van der Waals surface area contributed by atoms with E-state index in [0.717, 1.165) is 11.3 Å². The number of rotatable bonds is 5. The van der Waals surface area contributed by atoms with Gasteiger partial charge in [-0.3, -0.25) is 0 Å². The topological polar surface area (TPSA) is 73.5 Å². The van der Waals surface area contributed by atoms with E-state index < -0.39 is 5.97 Å². The highest BCUT2D eigenvalue weighted by Gasteiger charge is 2.20. The molecule has 0 amide bonds. The van der Waals surface area contributed by atoms with Crippen molar-refractivity contribution in [1.29, 1.82) is 0 Å². The molecule has 3 aromatic rings. The molecule has 0 bridgehead atoms. The van der Waals surface area contributed by atoms with Gasteiger partial charge in [-0.25, -0.2) is 9.48 Å². The van der Waals surface area contributed by atoms with Crippen LogP contribution in [-0.2, 0) is 4.74 Å². The maximum Gasteiger partial charge on any atom is 0.342 e. The molecular formula is C18H15N3O3. The third-order valence-electron chi connectivity index (χ3n) is 3.51. The van der Waals surface area contributed by atoms with Crippen molar-refractivity contribution in [1.82, 2.24) is 9.78 Å². The van der Waals surface area contributed by atoms with Crippen LogP contribution in [-0.4, -0.2) is 22.4 Å². The van der Waals surface area contributed by atoms with E-state index in [9.17, 15) is 9.70 Å². The Kier molecular flexibility index (Phi) is 4.47. The quantitative estimate of drug-likeness (QED) is 0.523. The molecule has 0 saturated carbocycles. The molecule has 0 atom stereocenters. The monoisotopic (exact) mass is 321 g/mol. The van der Waals surface area contributed by atoms with Gasteiger partial charge in [0.05, 0.1) is 24.2 Å². The second-order valence-electron chi connectivity index (χ2n) is 5.01. The fraction of sp³-hybridized carbons (Fsp3) is 0.111. The summed E-state index contributed by atoms with van der Waals surface area (Å²) in [5.74, 6) is -0.422. The first kappa shape index (κ1) is 15.6. The van der Waals surface area contributed by atoms with Crippen LogP contribution in [0, 0.1) is 4.91 Å². The van der Waals surface area contributed by atoms with E-state index in [2.05, 4.69) is 10.3 Å². The molecule has 0 aliphatic carbocycles. The molecule has 0 fully saturated rings. The van der Waals surface area contributed by atoms with Crippen molar-refractivity contribution in [2.24, 2.45) is 5.18 Å². The van der Waals surface area contributed by atoms with Gasteiger partial charge in [0, 0.05) is 5.56 Å². The second kappa shape index (κ2) is 6.87. The molecule has 0 radical (unpaired) electrons. The van der Waals surface area contributed by atoms with Crippen LogP contribution in [0.15, 0.2) is 66.0 Å². The van der Waals surface area contributed by atoms with Crippen LogP contribution in [0.4, 0.5) is 5.69 Å². The van der Waals surface area contributed by atoms with E-state index in [-0.39, 0.29) is 6.61 Å². The molecule has 2 aromatic carbocycles. The molecule has 0 aliphatic heterocycles. The molecule has 3 rings (SSSR count). The first-order chi connectivity index (χ1) is 11.7. The summed E-state index contributed by atoms with van der Waals surface area (Å²) in [5.41, 5.74) is 2.92. The van der Waals surface area contributed by atoms with E-state index >= 15 is 0 Å². The van der Waals surface area contributed by atoms with Crippen molar-refractivity contribution in [3.63, 3.8) is 0 Å². The minimum Gasteiger partial charge on any atom is -0.462 e.